The summed E-state index contributed by atoms with van der Waals surface area (Å²) in [6, 6.07) is 15.9. The fourth-order valence-electron chi connectivity index (χ4n) is 4.17. The van der Waals surface area contributed by atoms with Crippen molar-refractivity contribution in [2.24, 2.45) is 0 Å². The molecule has 0 fully saturated rings. The van der Waals surface area contributed by atoms with Crippen molar-refractivity contribution in [3.05, 3.63) is 86.8 Å². The number of fused-ring (bicyclic) bond motifs is 1. The van der Waals surface area contributed by atoms with Gasteiger partial charge in [-0.2, -0.15) is 5.26 Å². The number of nitrogens with zero attached hydrogens (tertiary/aromatic N) is 1. The van der Waals surface area contributed by atoms with E-state index < -0.39 is 17.5 Å². The topological polar surface area (TPSA) is 122 Å². The summed E-state index contributed by atoms with van der Waals surface area (Å²) in [4.78, 5) is 40.0. The lowest BCUT2D eigenvalue weighted by Crippen LogP contribution is -2.18. The Balaban J connectivity index is 1.61. The minimum atomic E-state index is -0.532. The molecule has 0 aliphatic rings. The van der Waals surface area contributed by atoms with E-state index in [0.29, 0.717) is 34.4 Å². The van der Waals surface area contributed by atoms with Crippen LogP contribution in [0.15, 0.2) is 57.7 Å². The molecule has 8 nitrogen and oxygen atoms in total. The van der Waals surface area contributed by atoms with Crippen LogP contribution in [0.1, 0.15) is 46.1 Å². The summed E-state index contributed by atoms with van der Waals surface area (Å²) in [7, 11) is 0. The minimum Gasteiger partial charge on any atom is -0.462 e. The Kier molecular flexibility index (Phi) is 7.02. The molecule has 2 heterocycles. The SMILES string of the molecule is CCOC(=O)c1c(-c2ccccc2)oc2ccc(OC(=O)CCc3c(C)[nH]c(=O)c(C#N)c3C)cc12. The van der Waals surface area contributed by atoms with Gasteiger partial charge in [0.15, 0.2) is 0 Å². The van der Waals surface area contributed by atoms with E-state index in [2.05, 4.69) is 4.98 Å². The van der Waals surface area contributed by atoms with E-state index in [1.54, 1.807) is 39.0 Å². The number of hydrogen-bond acceptors (Lipinski definition) is 7. The van der Waals surface area contributed by atoms with Gasteiger partial charge in [-0.05, 0) is 56.5 Å². The van der Waals surface area contributed by atoms with Crippen molar-refractivity contribution < 1.29 is 23.5 Å². The Morgan fingerprint density at radius 2 is 1.86 bits per heavy atom. The molecule has 0 bridgehead atoms. The van der Waals surface area contributed by atoms with Crippen LogP contribution in [0.25, 0.3) is 22.3 Å². The van der Waals surface area contributed by atoms with Gasteiger partial charge in [0.2, 0.25) is 0 Å². The van der Waals surface area contributed by atoms with Crippen LogP contribution in [-0.2, 0) is 16.0 Å². The van der Waals surface area contributed by atoms with Gasteiger partial charge in [-0.3, -0.25) is 9.59 Å². The molecule has 182 valence electrons. The van der Waals surface area contributed by atoms with Crippen LogP contribution in [-0.4, -0.2) is 23.5 Å². The number of carbonyl (C=O) groups is 2. The highest BCUT2D eigenvalue weighted by atomic mass is 16.5. The van der Waals surface area contributed by atoms with Crippen molar-refractivity contribution >= 4 is 22.9 Å². The summed E-state index contributed by atoms with van der Waals surface area (Å²) >= 11 is 0. The van der Waals surface area contributed by atoms with E-state index in [-0.39, 0.29) is 29.9 Å². The first-order chi connectivity index (χ1) is 17.3. The van der Waals surface area contributed by atoms with Gasteiger partial charge in [-0.1, -0.05) is 30.3 Å². The van der Waals surface area contributed by atoms with Gasteiger partial charge in [0.1, 0.15) is 34.3 Å². The predicted octanol–water partition coefficient (Wildman–Crippen LogP) is 4.99. The second-order valence-electron chi connectivity index (χ2n) is 8.19. The first-order valence-corrected chi connectivity index (χ1v) is 11.5. The van der Waals surface area contributed by atoms with Crippen molar-refractivity contribution in [1.29, 1.82) is 5.26 Å². The molecule has 0 aliphatic carbocycles. The van der Waals surface area contributed by atoms with Gasteiger partial charge in [0.05, 0.1) is 13.0 Å². The van der Waals surface area contributed by atoms with Gasteiger partial charge in [0, 0.05) is 16.6 Å². The highest BCUT2D eigenvalue weighted by Gasteiger charge is 2.24. The normalized spacial score (nSPS) is 10.7. The van der Waals surface area contributed by atoms with E-state index in [1.165, 1.54) is 0 Å². The molecule has 2 aromatic heterocycles. The minimum absolute atomic E-state index is 0.0298. The molecule has 1 N–H and O–H groups in total. The molecular weight excluding hydrogens is 460 g/mol. The zero-order chi connectivity index (χ0) is 25.8. The molecule has 8 heteroatoms. The number of ether oxygens (including phenoxy) is 2. The van der Waals surface area contributed by atoms with Gasteiger partial charge < -0.3 is 18.9 Å². The number of aromatic amines is 1. The summed E-state index contributed by atoms with van der Waals surface area (Å²) in [6.45, 7) is 5.34. The van der Waals surface area contributed by atoms with Crippen LogP contribution in [0.5, 0.6) is 5.75 Å². The Bertz CT molecular complexity index is 1560. The number of rotatable bonds is 7. The number of pyridine rings is 1. The number of aryl methyl sites for hydroxylation is 1. The fourth-order valence-corrected chi connectivity index (χ4v) is 4.17. The van der Waals surface area contributed by atoms with E-state index >= 15 is 0 Å². The average Bonchev–Trinajstić information content (AvgIpc) is 3.23. The van der Waals surface area contributed by atoms with Gasteiger partial charge in [-0.25, -0.2) is 4.79 Å². The molecule has 0 saturated heterocycles. The zero-order valence-electron chi connectivity index (χ0n) is 20.1. The molecule has 4 aromatic rings. The second kappa shape index (κ2) is 10.3. The highest BCUT2D eigenvalue weighted by Crippen LogP contribution is 2.36. The third-order valence-electron chi connectivity index (χ3n) is 5.91. The molecule has 0 atom stereocenters. The van der Waals surface area contributed by atoms with Crippen LogP contribution in [0.3, 0.4) is 0 Å². The molecule has 4 rings (SSSR count). The summed E-state index contributed by atoms with van der Waals surface area (Å²) < 4.78 is 16.8. The number of H-pyrrole nitrogens is 1. The second-order valence-corrected chi connectivity index (χ2v) is 8.19. The number of hydrogen-bond donors (Lipinski definition) is 1. The zero-order valence-corrected chi connectivity index (χ0v) is 20.1. The maximum Gasteiger partial charge on any atom is 0.342 e. The maximum absolute atomic E-state index is 12.8. The third-order valence-corrected chi connectivity index (χ3v) is 5.91. The molecule has 0 amide bonds. The molecule has 36 heavy (non-hydrogen) atoms. The smallest absolute Gasteiger partial charge is 0.342 e. The standard InChI is InChI=1S/C28H24N2O6/c1-4-34-28(33)25-21-14-19(10-12-23(21)36-26(25)18-8-6-5-7-9-18)35-24(31)13-11-20-16(2)22(15-29)27(32)30-17(20)3/h5-10,12,14H,4,11,13H2,1-3H3,(H,30,32). The number of carbonyl (C=O) groups excluding carboxylic acids is 2. The quantitative estimate of drug-likeness (QED) is 0.289. The Labute approximate surface area is 207 Å². The van der Waals surface area contributed by atoms with Crippen molar-refractivity contribution in [3.63, 3.8) is 0 Å². The highest BCUT2D eigenvalue weighted by molar-refractivity contribution is 6.09. The molecule has 0 spiro atoms. The third kappa shape index (κ3) is 4.77. The number of nitrogens with one attached hydrogen (secondary N) is 1. The summed E-state index contributed by atoms with van der Waals surface area (Å²) in [5, 5.41) is 9.72. The van der Waals surface area contributed by atoms with E-state index in [4.69, 9.17) is 13.9 Å². The number of furan rings is 1. The van der Waals surface area contributed by atoms with E-state index in [1.807, 2.05) is 36.4 Å². The molecule has 0 aliphatic heterocycles. The van der Waals surface area contributed by atoms with Gasteiger partial charge in [0.25, 0.3) is 5.56 Å². The van der Waals surface area contributed by atoms with Gasteiger partial charge in [-0.15, -0.1) is 0 Å². The number of esters is 2. The number of nitriles is 1. The molecule has 2 aromatic carbocycles. The van der Waals surface area contributed by atoms with Gasteiger partial charge >= 0.3 is 11.9 Å². The lowest BCUT2D eigenvalue weighted by atomic mass is 9.99. The Morgan fingerprint density at radius 3 is 2.56 bits per heavy atom. The average molecular weight is 485 g/mol. The van der Waals surface area contributed by atoms with Crippen molar-refractivity contribution in [2.75, 3.05) is 6.61 Å². The lowest BCUT2D eigenvalue weighted by molar-refractivity contribution is -0.134. The largest absolute Gasteiger partial charge is 0.462 e. The number of aromatic nitrogens is 1. The Hall–Kier alpha value is -4.64. The monoisotopic (exact) mass is 484 g/mol. The number of benzene rings is 2. The molecule has 0 unspecified atom stereocenters. The summed E-state index contributed by atoms with van der Waals surface area (Å²) in [6.07, 6.45) is 0.324. The van der Waals surface area contributed by atoms with Crippen molar-refractivity contribution in [2.45, 2.75) is 33.6 Å². The molecular formula is C28H24N2O6. The van der Waals surface area contributed by atoms with Crippen LogP contribution in [0, 0.1) is 25.2 Å². The fraction of sp³-hybridized carbons (Fsp3) is 0.214. The lowest BCUT2D eigenvalue weighted by Gasteiger charge is -2.10. The summed E-state index contributed by atoms with van der Waals surface area (Å²) in [5.41, 5.74) is 2.92. The van der Waals surface area contributed by atoms with Crippen LogP contribution in [0.4, 0.5) is 0 Å². The van der Waals surface area contributed by atoms with Crippen LogP contribution >= 0.6 is 0 Å². The molecule has 0 saturated carbocycles. The first-order valence-electron chi connectivity index (χ1n) is 11.5. The predicted molar refractivity (Wildman–Crippen MR) is 133 cm³/mol. The van der Waals surface area contributed by atoms with Crippen molar-refractivity contribution in [3.8, 4) is 23.1 Å². The van der Waals surface area contributed by atoms with E-state index in [0.717, 1.165) is 11.1 Å². The van der Waals surface area contributed by atoms with Crippen molar-refractivity contribution in [1.82, 2.24) is 4.98 Å². The maximum atomic E-state index is 12.8. The van der Waals surface area contributed by atoms with Crippen LogP contribution in [0.2, 0.25) is 0 Å². The first kappa shape index (κ1) is 24.5. The van der Waals surface area contributed by atoms with E-state index in [9.17, 15) is 19.6 Å². The summed E-state index contributed by atoms with van der Waals surface area (Å²) in [5.74, 6) is -0.394. The Morgan fingerprint density at radius 1 is 1.11 bits per heavy atom. The molecule has 0 radical (unpaired) electrons. The van der Waals surface area contributed by atoms with Crippen LogP contribution < -0.4 is 10.3 Å².